The topological polar surface area (TPSA) is 76.1 Å². The molecule has 0 radical (unpaired) electrons. The summed E-state index contributed by atoms with van der Waals surface area (Å²) in [7, 11) is 3.11. The highest BCUT2D eigenvalue weighted by Gasteiger charge is 2.36. The van der Waals surface area contributed by atoms with Crippen LogP contribution < -0.4 is 14.4 Å². The van der Waals surface area contributed by atoms with Gasteiger partial charge in [0.15, 0.2) is 11.5 Å². The average molecular weight is 438 g/mol. The van der Waals surface area contributed by atoms with Gasteiger partial charge in [-0.15, -0.1) is 0 Å². The van der Waals surface area contributed by atoms with Crippen LogP contribution in [0.5, 0.6) is 11.5 Å². The van der Waals surface area contributed by atoms with Gasteiger partial charge in [0.25, 0.3) is 0 Å². The first-order valence-electron chi connectivity index (χ1n) is 9.58. The van der Waals surface area contributed by atoms with Crippen LogP contribution in [0.25, 0.3) is 0 Å². The number of methoxy groups -OCH3 is 2. The molecule has 7 heteroatoms. The van der Waals surface area contributed by atoms with Gasteiger partial charge >= 0.3 is 5.97 Å². The van der Waals surface area contributed by atoms with Gasteiger partial charge in [-0.05, 0) is 59.2 Å². The van der Waals surface area contributed by atoms with Gasteiger partial charge < -0.3 is 19.5 Å². The van der Waals surface area contributed by atoms with Gasteiger partial charge in [0.2, 0.25) is 5.91 Å². The number of carboxylic acids is 1. The molecule has 6 nitrogen and oxygen atoms in total. The number of aromatic carboxylic acids is 1. The summed E-state index contributed by atoms with van der Waals surface area (Å²) in [5, 5.41) is 10.0. The van der Waals surface area contributed by atoms with Crippen molar-refractivity contribution < 1.29 is 24.2 Å². The number of halogens is 1. The van der Waals surface area contributed by atoms with Crippen LogP contribution in [0.2, 0.25) is 5.02 Å². The maximum atomic E-state index is 13.3. The molecule has 4 rings (SSSR count). The Bertz CT molecular complexity index is 1160. The number of hydrogen-bond donors (Lipinski definition) is 1. The third kappa shape index (κ3) is 3.82. The normalized spacial score (nSPS) is 15.4. The van der Waals surface area contributed by atoms with Crippen molar-refractivity contribution in [3.8, 4) is 11.5 Å². The zero-order valence-electron chi connectivity index (χ0n) is 17.0. The van der Waals surface area contributed by atoms with Crippen LogP contribution in [-0.4, -0.2) is 31.2 Å². The van der Waals surface area contributed by atoms with Crippen molar-refractivity contribution in [2.45, 2.75) is 12.5 Å². The predicted octanol–water partition coefficient (Wildman–Crippen LogP) is 4.73. The quantitative estimate of drug-likeness (QED) is 0.624. The number of anilines is 1. The molecule has 1 aliphatic rings. The molecule has 0 fully saturated rings. The largest absolute Gasteiger partial charge is 0.493 e. The molecule has 1 aliphatic heterocycles. The molecule has 0 saturated carbocycles. The summed E-state index contributed by atoms with van der Waals surface area (Å²) in [5.41, 5.74) is 3.16. The van der Waals surface area contributed by atoms with Crippen molar-refractivity contribution in [1.82, 2.24) is 0 Å². The molecule has 1 amide bonds. The smallest absolute Gasteiger partial charge is 0.335 e. The third-order valence-corrected chi connectivity index (χ3v) is 5.62. The third-order valence-electron chi connectivity index (χ3n) is 5.37. The summed E-state index contributed by atoms with van der Waals surface area (Å²) in [6, 6.07) is 16.8. The lowest BCUT2D eigenvalue weighted by molar-refractivity contribution is -0.118. The monoisotopic (exact) mass is 437 g/mol. The van der Waals surface area contributed by atoms with E-state index in [1.54, 1.807) is 43.4 Å². The lowest BCUT2D eigenvalue weighted by Gasteiger charge is -2.38. The molecule has 0 aromatic heterocycles. The van der Waals surface area contributed by atoms with E-state index in [1.807, 2.05) is 24.3 Å². The number of carbonyl (C=O) groups excluding carboxylic acids is 1. The maximum Gasteiger partial charge on any atom is 0.335 e. The zero-order chi connectivity index (χ0) is 22.1. The zero-order valence-corrected chi connectivity index (χ0v) is 17.7. The van der Waals surface area contributed by atoms with Gasteiger partial charge in [0.1, 0.15) is 0 Å². The highest BCUT2D eigenvalue weighted by Crippen LogP contribution is 2.43. The molecule has 3 aromatic rings. The van der Waals surface area contributed by atoms with Crippen LogP contribution in [0, 0.1) is 0 Å². The highest BCUT2D eigenvalue weighted by molar-refractivity contribution is 6.30. The van der Waals surface area contributed by atoms with Crippen LogP contribution in [0.15, 0.2) is 60.7 Å². The Balaban J connectivity index is 1.94. The van der Waals surface area contributed by atoms with Gasteiger partial charge in [0, 0.05) is 10.7 Å². The van der Waals surface area contributed by atoms with E-state index < -0.39 is 12.0 Å². The molecule has 1 N–H and O–H groups in total. The number of ether oxygens (including phenoxy) is 2. The molecule has 3 aromatic carbocycles. The Kier molecular flexibility index (Phi) is 5.57. The lowest BCUT2D eigenvalue weighted by atomic mass is 9.86. The van der Waals surface area contributed by atoms with Crippen molar-refractivity contribution in [1.29, 1.82) is 0 Å². The Morgan fingerprint density at radius 3 is 2.35 bits per heavy atom. The Hall–Kier alpha value is -3.51. The number of benzene rings is 3. The van der Waals surface area contributed by atoms with Gasteiger partial charge in [-0.3, -0.25) is 4.79 Å². The van der Waals surface area contributed by atoms with E-state index in [9.17, 15) is 14.7 Å². The SMILES string of the molecule is COc1cc2c(cc1OC)C(c1ccc(Cl)cc1)N(c1cccc(C(=O)O)c1)C(=O)C2. The number of carbonyl (C=O) groups is 2. The second kappa shape index (κ2) is 8.32. The van der Waals surface area contributed by atoms with Crippen molar-refractivity contribution in [3.63, 3.8) is 0 Å². The van der Waals surface area contributed by atoms with E-state index in [0.29, 0.717) is 22.2 Å². The second-order valence-electron chi connectivity index (χ2n) is 7.16. The summed E-state index contributed by atoms with van der Waals surface area (Å²) in [6.07, 6.45) is 0.150. The fourth-order valence-electron chi connectivity index (χ4n) is 3.93. The van der Waals surface area contributed by atoms with Crippen LogP contribution >= 0.6 is 11.6 Å². The van der Waals surface area contributed by atoms with Crippen molar-refractivity contribution in [2.24, 2.45) is 0 Å². The fourth-order valence-corrected chi connectivity index (χ4v) is 4.06. The maximum absolute atomic E-state index is 13.3. The summed E-state index contributed by atoms with van der Waals surface area (Å²) in [6.45, 7) is 0. The minimum Gasteiger partial charge on any atom is -0.493 e. The van der Waals surface area contributed by atoms with Crippen LogP contribution in [0.1, 0.15) is 33.1 Å². The van der Waals surface area contributed by atoms with Gasteiger partial charge in [0.05, 0.1) is 32.2 Å². The number of fused-ring (bicyclic) bond motifs is 1. The number of carboxylic acid groups (broad SMARTS) is 1. The van der Waals surface area contributed by atoms with Crippen LogP contribution in [0.4, 0.5) is 5.69 Å². The molecular formula is C24H20ClNO5. The molecule has 1 unspecified atom stereocenters. The van der Waals surface area contributed by atoms with E-state index >= 15 is 0 Å². The number of rotatable bonds is 5. The Morgan fingerprint density at radius 1 is 1.03 bits per heavy atom. The van der Waals surface area contributed by atoms with E-state index in [2.05, 4.69) is 0 Å². The number of amides is 1. The van der Waals surface area contributed by atoms with Gasteiger partial charge in [-0.2, -0.15) is 0 Å². The first kappa shape index (κ1) is 20.8. The molecule has 0 spiro atoms. The van der Waals surface area contributed by atoms with E-state index in [0.717, 1.165) is 16.7 Å². The standard InChI is InChI=1S/C24H20ClNO5/c1-30-20-11-16-12-22(27)26(18-5-3-4-15(10-18)24(28)29)23(19(16)13-21(20)31-2)14-6-8-17(25)9-7-14/h3-11,13,23H,12H2,1-2H3,(H,28,29). The van der Waals surface area contributed by atoms with Crippen LogP contribution in [-0.2, 0) is 11.2 Å². The second-order valence-corrected chi connectivity index (χ2v) is 7.59. The summed E-state index contributed by atoms with van der Waals surface area (Å²) >= 11 is 6.09. The molecule has 1 heterocycles. The van der Waals surface area contributed by atoms with E-state index in [4.69, 9.17) is 21.1 Å². The molecule has 0 aliphatic carbocycles. The highest BCUT2D eigenvalue weighted by atomic mass is 35.5. The minimum atomic E-state index is -1.05. The molecule has 31 heavy (non-hydrogen) atoms. The summed E-state index contributed by atoms with van der Waals surface area (Å²) < 4.78 is 10.9. The summed E-state index contributed by atoms with van der Waals surface area (Å²) in [5.74, 6) is -0.109. The van der Waals surface area contributed by atoms with Crippen molar-refractivity contribution in [3.05, 3.63) is 87.9 Å². The Labute approximate surface area is 184 Å². The first-order chi connectivity index (χ1) is 14.9. The average Bonchev–Trinajstić information content (AvgIpc) is 2.78. The molecule has 0 bridgehead atoms. The van der Waals surface area contributed by atoms with Crippen molar-refractivity contribution in [2.75, 3.05) is 19.1 Å². The van der Waals surface area contributed by atoms with Crippen LogP contribution in [0.3, 0.4) is 0 Å². The fraction of sp³-hybridized carbons (Fsp3) is 0.167. The van der Waals surface area contributed by atoms with E-state index in [1.165, 1.54) is 12.1 Å². The molecule has 1 atom stereocenters. The minimum absolute atomic E-state index is 0.110. The van der Waals surface area contributed by atoms with E-state index in [-0.39, 0.29) is 17.9 Å². The molecular weight excluding hydrogens is 418 g/mol. The lowest BCUT2D eigenvalue weighted by Crippen LogP contribution is -2.41. The van der Waals surface area contributed by atoms with Gasteiger partial charge in [-0.25, -0.2) is 4.79 Å². The number of hydrogen-bond acceptors (Lipinski definition) is 4. The van der Waals surface area contributed by atoms with Gasteiger partial charge in [-0.1, -0.05) is 29.8 Å². The number of nitrogens with zero attached hydrogens (tertiary/aromatic N) is 1. The molecule has 0 saturated heterocycles. The first-order valence-corrected chi connectivity index (χ1v) is 9.96. The van der Waals surface area contributed by atoms with Crippen molar-refractivity contribution >= 4 is 29.2 Å². The summed E-state index contributed by atoms with van der Waals surface area (Å²) in [4.78, 5) is 26.5. The molecule has 158 valence electrons. The Morgan fingerprint density at radius 2 is 1.71 bits per heavy atom. The predicted molar refractivity (Wildman–Crippen MR) is 117 cm³/mol.